The molecule has 0 bridgehead atoms. The van der Waals surface area contributed by atoms with Crippen LogP contribution in [0.4, 0.5) is 5.82 Å². The Balaban J connectivity index is 2.15. The van der Waals surface area contributed by atoms with Crippen molar-refractivity contribution in [3.8, 4) is 0 Å². The first kappa shape index (κ1) is 14.1. The van der Waals surface area contributed by atoms with E-state index in [2.05, 4.69) is 10.2 Å². The van der Waals surface area contributed by atoms with Gasteiger partial charge in [-0.2, -0.15) is 10.2 Å². The minimum atomic E-state index is -0.111. The lowest BCUT2D eigenvalue weighted by Gasteiger charge is -2.16. The average molecular weight is 276 g/mol. The molecule has 108 valence electrons. The summed E-state index contributed by atoms with van der Waals surface area (Å²) in [6, 6.07) is 1.58. The topological polar surface area (TPSA) is 82.0 Å². The Hall–Kier alpha value is -2.31. The number of aromatic nitrogens is 4. The molecule has 0 aromatic carbocycles. The Morgan fingerprint density at radius 3 is 2.65 bits per heavy atom. The minimum absolute atomic E-state index is 0.111. The quantitative estimate of drug-likeness (QED) is 0.895. The highest BCUT2D eigenvalue weighted by Crippen LogP contribution is 2.12. The summed E-state index contributed by atoms with van der Waals surface area (Å²) >= 11 is 0. The molecular weight excluding hydrogens is 256 g/mol. The van der Waals surface area contributed by atoms with Gasteiger partial charge in [0.1, 0.15) is 11.5 Å². The van der Waals surface area contributed by atoms with Gasteiger partial charge in [0.15, 0.2) is 0 Å². The molecule has 0 spiro atoms. The third-order valence-corrected chi connectivity index (χ3v) is 3.24. The van der Waals surface area contributed by atoms with Crippen LogP contribution in [-0.4, -0.2) is 37.4 Å². The highest BCUT2D eigenvalue weighted by atomic mass is 16.2. The number of hydrogen-bond acceptors (Lipinski definition) is 4. The maximum atomic E-state index is 12.4. The number of carbonyl (C=O) groups excluding carboxylic acids is 1. The second-order valence-corrected chi connectivity index (χ2v) is 4.83. The Morgan fingerprint density at radius 1 is 1.45 bits per heavy atom. The van der Waals surface area contributed by atoms with Gasteiger partial charge in [-0.1, -0.05) is 0 Å². The fourth-order valence-corrected chi connectivity index (χ4v) is 2.09. The van der Waals surface area contributed by atoms with Crippen LogP contribution < -0.4 is 5.73 Å². The lowest BCUT2D eigenvalue weighted by molar-refractivity contribution is 0.0774. The summed E-state index contributed by atoms with van der Waals surface area (Å²) in [5.41, 5.74) is 8.06. The number of carbonyl (C=O) groups is 1. The molecular formula is C13H20N6O. The number of rotatable bonds is 4. The second-order valence-electron chi connectivity index (χ2n) is 4.83. The van der Waals surface area contributed by atoms with Crippen LogP contribution in [0, 0.1) is 6.92 Å². The monoisotopic (exact) mass is 276 g/mol. The van der Waals surface area contributed by atoms with Crippen LogP contribution in [0.2, 0.25) is 0 Å². The van der Waals surface area contributed by atoms with Gasteiger partial charge < -0.3 is 10.6 Å². The number of hydrogen-bond donors (Lipinski definition) is 1. The molecule has 0 atom stereocenters. The molecule has 7 heteroatoms. The van der Waals surface area contributed by atoms with Crippen LogP contribution in [0.5, 0.6) is 0 Å². The number of nitrogens with two attached hydrogens (primary N) is 1. The highest BCUT2D eigenvalue weighted by Gasteiger charge is 2.18. The first-order chi connectivity index (χ1) is 9.42. The van der Waals surface area contributed by atoms with Crippen molar-refractivity contribution in [2.45, 2.75) is 26.9 Å². The molecule has 0 fully saturated rings. The molecule has 2 aromatic rings. The standard InChI is InChI=1S/C13H20N6O/c1-5-19-8-10(9(2)15-19)7-17(3)13(20)11-6-12(14)16-18(11)4/h6,8H,5,7H2,1-4H3,(H2,14,16). The van der Waals surface area contributed by atoms with Crippen LogP contribution in [0.3, 0.4) is 0 Å². The molecule has 0 aliphatic heterocycles. The van der Waals surface area contributed by atoms with Crippen LogP contribution >= 0.6 is 0 Å². The zero-order chi connectivity index (χ0) is 14.9. The van der Waals surface area contributed by atoms with E-state index in [1.54, 1.807) is 25.1 Å². The van der Waals surface area contributed by atoms with Crippen molar-refractivity contribution in [1.82, 2.24) is 24.5 Å². The fourth-order valence-electron chi connectivity index (χ4n) is 2.09. The van der Waals surface area contributed by atoms with Gasteiger partial charge in [0.05, 0.1) is 5.69 Å². The maximum absolute atomic E-state index is 12.4. The summed E-state index contributed by atoms with van der Waals surface area (Å²) in [7, 11) is 3.46. The number of anilines is 1. The molecule has 0 aliphatic carbocycles. The Labute approximate surface area is 118 Å². The van der Waals surface area contributed by atoms with E-state index in [4.69, 9.17) is 5.73 Å². The van der Waals surface area contributed by atoms with Crippen molar-refractivity contribution in [3.05, 3.63) is 29.2 Å². The van der Waals surface area contributed by atoms with Crippen LogP contribution in [-0.2, 0) is 20.1 Å². The molecule has 0 saturated heterocycles. The number of nitrogen functional groups attached to an aromatic ring is 1. The van der Waals surface area contributed by atoms with Crippen molar-refractivity contribution in [1.29, 1.82) is 0 Å². The van der Waals surface area contributed by atoms with Crippen molar-refractivity contribution >= 4 is 11.7 Å². The van der Waals surface area contributed by atoms with E-state index in [9.17, 15) is 4.79 Å². The largest absolute Gasteiger partial charge is 0.382 e. The zero-order valence-corrected chi connectivity index (χ0v) is 12.3. The first-order valence-corrected chi connectivity index (χ1v) is 6.50. The van der Waals surface area contributed by atoms with Crippen molar-refractivity contribution in [3.63, 3.8) is 0 Å². The van der Waals surface area contributed by atoms with Crippen LogP contribution in [0.1, 0.15) is 28.7 Å². The second kappa shape index (κ2) is 5.36. The van der Waals surface area contributed by atoms with Crippen LogP contribution in [0.15, 0.2) is 12.3 Å². The molecule has 0 saturated carbocycles. The molecule has 0 unspecified atom stereocenters. The van der Waals surface area contributed by atoms with E-state index < -0.39 is 0 Å². The Kier molecular flexibility index (Phi) is 3.78. The molecule has 20 heavy (non-hydrogen) atoms. The molecule has 2 aromatic heterocycles. The molecule has 2 heterocycles. The molecule has 0 aliphatic rings. The van der Waals surface area contributed by atoms with Gasteiger partial charge in [-0.05, 0) is 13.8 Å². The van der Waals surface area contributed by atoms with Gasteiger partial charge in [0.25, 0.3) is 5.91 Å². The van der Waals surface area contributed by atoms with Crippen molar-refractivity contribution < 1.29 is 4.79 Å². The maximum Gasteiger partial charge on any atom is 0.272 e. The normalized spacial score (nSPS) is 10.8. The van der Waals surface area contributed by atoms with E-state index >= 15 is 0 Å². The van der Waals surface area contributed by atoms with Crippen molar-refractivity contribution in [2.75, 3.05) is 12.8 Å². The average Bonchev–Trinajstić information content (AvgIpc) is 2.91. The third kappa shape index (κ3) is 2.66. The van der Waals surface area contributed by atoms with Gasteiger partial charge in [0, 0.05) is 45.0 Å². The van der Waals surface area contributed by atoms with Crippen LogP contribution in [0.25, 0.3) is 0 Å². The van der Waals surface area contributed by atoms with E-state index in [1.807, 2.05) is 24.7 Å². The molecule has 7 nitrogen and oxygen atoms in total. The predicted octanol–water partition coefficient (Wildman–Crippen LogP) is 0.799. The summed E-state index contributed by atoms with van der Waals surface area (Å²) in [6.45, 7) is 5.30. The summed E-state index contributed by atoms with van der Waals surface area (Å²) in [5.74, 6) is 0.236. The van der Waals surface area contributed by atoms with Gasteiger partial charge in [-0.25, -0.2) is 0 Å². The fraction of sp³-hybridized carbons (Fsp3) is 0.462. The smallest absolute Gasteiger partial charge is 0.272 e. The molecule has 1 amide bonds. The van der Waals surface area contributed by atoms with Gasteiger partial charge >= 0.3 is 0 Å². The summed E-state index contributed by atoms with van der Waals surface area (Å²) < 4.78 is 3.36. The van der Waals surface area contributed by atoms with E-state index in [0.29, 0.717) is 18.1 Å². The van der Waals surface area contributed by atoms with E-state index in [1.165, 1.54) is 4.68 Å². The zero-order valence-electron chi connectivity index (χ0n) is 12.3. The van der Waals surface area contributed by atoms with Crippen molar-refractivity contribution in [2.24, 2.45) is 7.05 Å². The number of nitrogens with zero attached hydrogens (tertiary/aromatic N) is 5. The SMILES string of the molecule is CCn1cc(CN(C)C(=O)c2cc(N)nn2C)c(C)n1. The molecule has 0 radical (unpaired) electrons. The Bertz CT molecular complexity index is 627. The van der Waals surface area contributed by atoms with Gasteiger partial charge in [-0.3, -0.25) is 14.2 Å². The summed E-state index contributed by atoms with van der Waals surface area (Å²) in [5, 5.41) is 8.36. The van der Waals surface area contributed by atoms with E-state index in [0.717, 1.165) is 17.8 Å². The predicted molar refractivity (Wildman–Crippen MR) is 76.1 cm³/mol. The summed E-state index contributed by atoms with van der Waals surface area (Å²) in [4.78, 5) is 14.0. The number of amides is 1. The number of aryl methyl sites for hydroxylation is 3. The van der Waals surface area contributed by atoms with Gasteiger partial charge in [-0.15, -0.1) is 0 Å². The van der Waals surface area contributed by atoms with Gasteiger partial charge in [0.2, 0.25) is 0 Å². The molecule has 2 N–H and O–H groups in total. The molecule has 2 rings (SSSR count). The third-order valence-electron chi connectivity index (χ3n) is 3.24. The first-order valence-electron chi connectivity index (χ1n) is 6.50. The highest BCUT2D eigenvalue weighted by molar-refractivity contribution is 5.93. The summed E-state index contributed by atoms with van der Waals surface area (Å²) in [6.07, 6.45) is 1.97. The Morgan fingerprint density at radius 2 is 2.15 bits per heavy atom. The van der Waals surface area contributed by atoms with E-state index in [-0.39, 0.29) is 5.91 Å². The lowest BCUT2D eigenvalue weighted by Crippen LogP contribution is -2.28. The minimum Gasteiger partial charge on any atom is -0.382 e. The lowest BCUT2D eigenvalue weighted by atomic mass is 10.2.